The van der Waals surface area contributed by atoms with Crippen LogP contribution in [0.15, 0.2) is 12.1 Å². The average Bonchev–Trinajstić information content (AvgIpc) is 2.91. The third-order valence-electron chi connectivity index (χ3n) is 4.27. The fourth-order valence-corrected chi connectivity index (χ4v) is 3.06. The molecule has 0 aliphatic carbocycles. The molecule has 1 aliphatic rings. The lowest BCUT2D eigenvalue weighted by atomic mass is 9.74. The first-order valence-corrected chi connectivity index (χ1v) is 7.73. The van der Waals surface area contributed by atoms with Crippen molar-refractivity contribution in [1.29, 1.82) is 0 Å². The van der Waals surface area contributed by atoms with Crippen molar-refractivity contribution in [3.05, 3.63) is 28.5 Å². The predicted molar refractivity (Wildman–Crippen MR) is 84.1 cm³/mol. The fraction of sp³-hybridized carbons (Fsp3) is 0.562. The largest absolute Gasteiger partial charge is 0.395 e. The van der Waals surface area contributed by atoms with E-state index in [1.807, 2.05) is 0 Å². The Morgan fingerprint density at radius 3 is 2.76 bits per heavy atom. The third kappa shape index (κ3) is 3.38. The summed E-state index contributed by atoms with van der Waals surface area (Å²) >= 11 is 5.91. The van der Waals surface area contributed by atoms with Crippen LogP contribution in [0, 0.1) is 17.2 Å². The molecule has 21 heavy (non-hydrogen) atoms. The number of rotatable bonds is 5. The van der Waals surface area contributed by atoms with E-state index in [4.69, 9.17) is 17.3 Å². The topological polar surface area (TPSA) is 55.1 Å². The number of hydrogen-bond acceptors (Lipinski definition) is 3. The van der Waals surface area contributed by atoms with E-state index in [1.165, 1.54) is 12.1 Å². The highest BCUT2D eigenvalue weighted by Crippen LogP contribution is 2.37. The zero-order valence-electron chi connectivity index (χ0n) is 12.5. The van der Waals surface area contributed by atoms with Gasteiger partial charge in [-0.3, -0.25) is 4.79 Å². The monoisotopic (exact) mass is 312 g/mol. The molecule has 0 radical (unpaired) electrons. The molecule has 1 fully saturated rings. The normalized spacial score (nSPS) is 22.0. The molecule has 116 valence electrons. The van der Waals surface area contributed by atoms with Gasteiger partial charge in [0.25, 0.3) is 0 Å². The Morgan fingerprint density at radius 2 is 2.24 bits per heavy atom. The van der Waals surface area contributed by atoms with Crippen LogP contribution < -0.4 is 11.1 Å². The molecule has 0 amide bonds. The maximum atomic E-state index is 13.7. The van der Waals surface area contributed by atoms with Crippen LogP contribution in [0.5, 0.6) is 0 Å². The van der Waals surface area contributed by atoms with Gasteiger partial charge in [-0.1, -0.05) is 25.4 Å². The smallest absolute Gasteiger partial charge is 0.170 e. The van der Waals surface area contributed by atoms with Crippen LogP contribution in [0.3, 0.4) is 0 Å². The third-order valence-corrected chi connectivity index (χ3v) is 4.58. The molecule has 0 aromatic heterocycles. The zero-order valence-corrected chi connectivity index (χ0v) is 13.3. The van der Waals surface area contributed by atoms with Crippen molar-refractivity contribution in [3.8, 4) is 0 Å². The lowest BCUT2D eigenvalue weighted by Crippen LogP contribution is -2.34. The second kappa shape index (κ2) is 6.32. The van der Waals surface area contributed by atoms with Crippen molar-refractivity contribution in [2.75, 3.05) is 18.8 Å². The van der Waals surface area contributed by atoms with E-state index in [0.29, 0.717) is 18.0 Å². The Balaban J connectivity index is 2.30. The Bertz CT molecular complexity index is 516. The van der Waals surface area contributed by atoms with Crippen molar-refractivity contribution in [3.63, 3.8) is 0 Å². The van der Waals surface area contributed by atoms with Gasteiger partial charge in [-0.25, -0.2) is 4.39 Å². The van der Waals surface area contributed by atoms with Gasteiger partial charge >= 0.3 is 0 Å². The summed E-state index contributed by atoms with van der Waals surface area (Å²) in [6.45, 7) is 5.73. The molecule has 1 aromatic carbocycles. The van der Waals surface area contributed by atoms with Gasteiger partial charge in [0.1, 0.15) is 5.82 Å². The van der Waals surface area contributed by atoms with Crippen molar-refractivity contribution in [2.45, 2.75) is 33.1 Å². The van der Waals surface area contributed by atoms with Crippen LogP contribution in [-0.4, -0.2) is 18.9 Å². The standard InChI is InChI=1S/C16H22ClFN2O/c1-10(2)3-4-16(5-6-20-9-16)15(21)11-7-12(17)14(19)13(18)8-11/h7-8,10,20H,3-6,9,19H2,1-2H3/t16-/m1/s1. The maximum absolute atomic E-state index is 13.7. The molecular weight excluding hydrogens is 291 g/mol. The molecule has 1 aliphatic heterocycles. The van der Waals surface area contributed by atoms with Crippen molar-refractivity contribution >= 4 is 23.1 Å². The first-order chi connectivity index (χ1) is 9.85. The summed E-state index contributed by atoms with van der Waals surface area (Å²) < 4.78 is 13.7. The van der Waals surface area contributed by atoms with E-state index < -0.39 is 11.2 Å². The van der Waals surface area contributed by atoms with Gasteiger partial charge in [-0.05, 0) is 43.9 Å². The lowest BCUT2D eigenvalue weighted by molar-refractivity contribution is 0.0794. The molecule has 2 rings (SSSR count). The fourth-order valence-electron chi connectivity index (χ4n) is 2.85. The number of benzene rings is 1. The molecule has 0 bridgehead atoms. The van der Waals surface area contributed by atoms with E-state index in [0.717, 1.165) is 25.8 Å². The van der Waals surface area contributed by atoms with Gasteiger partial charge in [0, 0.05) is 17.5 Å². The summed E-state index contributed by atoms with van der Waals surface area (Å²) in [5.41, 5.74) is 5.27. The minimum Gasteiger partial charge on any atom is -0.395 e. The number of nitrogen functional groups attached to an aromatic ring is 1. The van der Waals surface area contributed by atoms with E-state index in [1.54, 1.807) is 0 Å². The number of nitrogens with one attached hydrogen (secondary N) is 1. The highest BCUT2D eigenvalue weighted by atomic mass is 35.5. The number of halogens is 2. The van der Waals surface area contributed by atoms with Gasteiger partial charge in [-0.2, -0.15) is 0 Å². The second-order valence-electron chi connectivity index (χ2n) is 6.32. The van der Waals surface area contributed by atoms with Gasteiger partial charge < -0.3 is 11.1 Å². The summed E-state index contributed by atoms with van der Waals surface area (Å²) in [7, 11) is 0. The van der Waals surface area contributed by atoms with E-state index >= 15 is 0 Å². The number of ketones is 1. The van der Waals surface area contributed by atoms with E-state index in [2.05, 4.69) is 19.2 Å². The summed E-state index contributed by atoms with van der Waals surface area (Å²) in [5.74, 6) is -0.133. The summed E-state index contributed by atoms with van der Waals surface area (Å²) in [5, 5.41) is 3.36. The summed E-state index contributed by atoms with van der Waals surface area (Å²) in [6.07, 6.45) is 2.56. The zero-order chi connectivity index (χ0) is 15.6. The molecule has 0 spiro atoms. The highest BCUT2D eigenvalue weighted by molar-refractivity contribution is 6.33. The molecule has 1 atom stereocenters. The van der Waals surface area contributed by atoms with Crippen LogP contribution in [0.1, 0.15) is 43.5 Å². The Hall–Kier alpha value is -1.13. The number of carbonyl (C=O) groups excluding carboxylic acids is 1. The van der Waals surface area contributed by atoms with Crippen molar-refractivity contribution < 1.29 is 9.18 Å². The molecule has 3 N–H and O–H groups in total. The minimum absolute atomic E-state index is 0.0334. The SMILES string of the molecule is CC(C)CC[C@@]1(C(=O)c2cc(F)c(N)c(Cl)c2)CCNC1. The first kappa shape index (κ1) is 16.2. The van der Waals surface area contributed by atoms with Crippen LogP contribution >= 0.6 is 11.6 Å². The highest BCUT2D eigenvalue weighted by Gasteiger charge is 2.41. The van der Waals surface area contributed by atoms with E-state index in [-0.39, 0.29) is 16.5 Å². The van der Waals surface area contributed by atoms with Gasteiger partial charge in [0.15, 0.2) is 5.78 Å². The Morgan fingerprint density at radius 1 is 1.52 bits per heavy atom. The number of hydrogen-bond donors (Lipinski definition) is 2. The van der Waals surface area contributed by atoms with Crippen LogP contribution in [0.25, 0.3) is 0 Å². The summed E-state index contributed by atoms with van der Waals surface area (Å²) in [6, 6.07) is 2.69. The van der Waals surface area contributed by atoms with Crippen molar-refractivity contribution in [1.82, 2.24) is 5.32 Å². The average molecular weight is 313 g/mol. The lowest BCUT2D eigenvalue weighted by Gasteiger charge is -2.27. The quantitative estimate of drug-likeness (QED) is 0.644. The number of carbonyl (C=O) groups is 1. The molecule has 5 heteroatoms. The minimum atomic E-state index is -0.629. The molecule has 3 nitrogen and oxygen atoms in total. The van der Waals surface area contributed by atoms with Gasteiger partial charge in [0.2, 0.25) is 0 Å². The number of nitrogens with two attached hydrogens (primary N) is 1. The second-order valence-corrected chi connectivity index (χ2v) is 6.73. The van der Waals surface area contributed by atoms with Crippen LogP contribution in [0.2, 0.25) is 5.02 Å². The van der Waals surface area contributed by atoms with Crippen molar-refractivity contribution in [2.24, 2.45) is 11.3 Å². The molecule has 1 aromatic rings. The molecule has 1 saturated heterocycles. The maximum Gasteiger partial charge on any atom is 0.170 e. The Labute approximate surface area is 130 Å². The van der Waals surface area contributed by atoms with Gasteiger partial charge in [-0.15, -0.1) is 0 Å². The van der Waals surface area contributed by atoms with Gasteiger partial charge in [0.05, 0.1) is 10.7 Å². The molecular formula is C16H22ClFN2O. The molecule has 1 heterocycles. The predicted octanol–water partition coefficient (Wildman–Crippen LogP) is 3.66. The number of anilines is 1. The summed E-state index contributed by atoms with van der Waals surface area (Å²) in [4.78, 5) is 12.9. The van der Waals surface area contributed by atoms with E-state index in [9.17, 15) is 9.18 Å². The van der Waals surface area contributed by atoms with Crippen LogP contribution in [-0.2, 0) is 0 Å². The molecule has 0 saturated carbocycles. The van der Waals surface area contributed by atoms with Crippen LogP contribution in [0.4, 0.5) is 10.1 Å². The first-order valence-electron chi connectivity index (χ1n) is 7.36. The number of Topliss-reactive ketones (excluding diaryl/α,β-unsaturated/α-hetero) is 1. The molecule has 0 unspecified atom stereocenters. The Kier molecular flexibility index (Phi) is 4.89.